The smallest absolute Gasteiger partial charge is 0.258 e. The average molecular weight is 480 g/mol. The Morgan fingerprint density at radius 2 is 1.72 bits per heavy atom. The Morgan fingerprint density at radius 3 is 2.36 bits per heavy atom. The number of nitrogens with zero attached hydrogens (tertiary/aromatic N) is 3. The minimum absolute atomic E-state index is 0.0204. The molecule has 0 spiro atoms. The summed E-state index contributed by atoms with van der Waals surface area (Å²) in [4.78, 5) is 8.80. The molecule has 0 saturated heterocycles. The number of hydrogen-bond donors (Lipinski definition) is 1. The SMILES string of the molecule is OC1(c2nc(-c3ccc([C@@]4(c5ccc(OCc6ccccn6)cc5)C[C@@H]5CC[C@H]4C5)cc3)no2)CC1. The first-order valence-corrected chi connectivity index (χ1v) is 12.9. The Labute approximate surface area is 210 Å². The summed E-state index contributed by atoms with van der Waals surface area (Å²) in [6.45, 7) is 0.465. The van der Waals surface area contributed by atoms with Crippen LogP contribution in [-0.2, 0) is 17.6 Å². The van der Waals surface area contributed by atoms with Crippen LogP contribution < -0.4 is 4.74 Å². The van der Waals surface area contributed by atoms with Crippen molar-refractivity contribution in [3.63, 3.8) is 0 Å². The molecule has 4 aromatic rings. The van der Waals surface area contributed by atoms with Gasteiger partial charge < -0.3 is 14.4 Å². The van der Waals surface area contributed by atoms with Crippen LogP contribution in [0.15, 0.2) is 77.4 Å². The first kappa shape index (κ1) is 21.7. The summed E-state index contributed by atoms with van der Waals surface area (Å²) in [6, 6.07) is 23.3. The van der Waals surface area contributed by atoms with Crippen molar-refractivity contribution < 1.29 is 14.4 Å². The zero-order valence-corrected chi connectivity index (χ0v) is 20.1. The van der Waals surface area contributed by atoms with Gasteiger partial charge in [-0.1, -0.05) is 54.0 Å². The predicted octanol–water partition coefficient (Wildman–Crippen LogP) is 5.80. The monoisotopic (exact) mass is 479 g/mol. The molecule has 3 aliphatic carbocycles. The minimum atomic E-state index is -0.911. The van der Waals surface area contributed by atoms with E-state index in [4.69, 9.17) is 9.26 Å². The second-order valence-corrected chi connectivity index (χ2v) is 10.7. The van der Waals surface area contributed by atoms with Gasteiger partial charge in [0.1, 0.15) is 18.0 Å². The Morgan fingerprint density at radius 1 is 0.944 bits per heavy atom. The molecule has 2 bridgehead atoms. The number of aliphatic hydroxyl groups is 1. The molecular weight excluding hydrogens is 450 g/mol. The minimum Gasteiger partial charge on any atom is -0.487 e. The summed E-state index contributed by atoms with van der Waals surface area (Å²) in [5.41, 5.74) is 3.66. The van der Waals surface area contributed by atoms with Crippen LogP contribution in [0.5, 0.6) is 5.75 Å². The van der Waals surface area contributed by atoms with Crippen LogP contribution in [0.4, 0.5) is 0 Å². The Balaban J connectivity index is 1.16. The van der Waals surface area contributed by atoms with Gasteiger partial charge in [-0.25, -0.2) is 0 Å². The summed E-state index contributed by atoms with van der Waals surface area (Å²) in [5.74, 6) is 3.16. The van der Waals surface area contributed by atoms with Crippen molar-refractivity contribution in [3.8, 4) is 17.1 Å². The van der Waals surface area contributed by atoms with Crippen LogP contribution in [0, 0.1) is 11.8 Å². The van der Waals surface area contributed by atoms with Crippen LogP contribution in [0.2, 0.25) is 0 Å². The summed E-state index contributed by atoms with van der Waals surface area (Å²) < 4.78 is 11.3. The maximum atomic E-state index is 10.3. The van der Waals surface area contributed by atoms with E-state index in [0.29, 0.717) is 37.1 Å². The highest BCUT2D eigenvalue weighted by Crippen LogP contribution is 2.60. The van der Waals surface area contributed by atoms with Crippen LogP contribution in [0.25, 0.3) is 11.4 Å². The molecule has 7 rings (SSSR count). The van der Waals surface area contributed by atoms with E-state index in [0.717, 1.165) is 22.9 Å². The number of hydrogen-bond acceptors (Lipinski definition) is 6. The van der Waals surface area contributed by atoms with Crippen LogP contribution in [0.1, 0.15) is 61.2 Å². The summed E-state index contributed by atoms with van der Waals surface area (Å²) >= 11 is 0. The fourth-order valence-electron chi connectivity index (χ4n) is 6.47. The largest absolute Gasteiger partial charge is 0.487 e. The number of benzene rings is 2. The van der Waals surface area contributed by atoms with Gasteiger partial charge in [0.25, 0.3) is 5.89 Å². The lowest BCUT2D eigenvalue weighted by molar-refractivity contribution is 0.108. The molecule has 3 atom stereocenters. The van der Waals surface area contributed by atoms with Gasteiger partial charge in [0, 0.05) is 17.2 Å². The van der Waals surface area contributed by atoms with Gasteiger partial charge in [-0.3, -0.25) is 4.98 Å². The number of fused-ring (bicyclic) bond motifs is 2. The number of aromatic nitrogens is 3. The van der Waals surface area contributed by atoms with E-state index >= 15 is 0 Å². The quantitative estimate of drug-likeness (QED) is 0.361. The van der Waals surface area contributed by atoms with E-state index in [2.05, 4.69) is 63.7 Å². The predicted molar refractivity (Wildman–Crippen MR) is 134 cm³/mol. The third-order valence-corrected chi connectivity index (χ3v) is 8.54. The van der Waals surface area contributed by atoms with Crippen molar-refractivity contribution >= 4 is 0 Å². The maximum Gasteiger partial charge on any atom is 0.258 e. The summed E-state index contributed by atoms with van der Waals surface area (Å²) in [5, 5.41) is 14.4. The highest BCUT2D eigenvalue weighted by molar-refractivity contribution is 5.57. The van der Waals surface area contributed by atoms with Gasteiger partial charge in [0.15, 0.2) is 0 Å². The fourth-order valence-corrected chi connectivity index (χ4v) is 6.47. The first-order chi connectivity index (χ1) is 17.6. The summed E-state index contributed by atoms with van der Waals surface area (Å²) in [7, 11) is 0. The molecule has 2 aromatic heterocycles. The molecule has 0 amide bonds. The Bertz CT molecular complexity index is 1360. The second-order valence-electron chi connectivity index (χ2n) is 10.7. The molecule has 182 valence electrons. The molecule has 0 unspecified atom stereocenters. The highest BCUT2D eigenvalue weighted by atomic mass is 16.5. The third-order valence-electron chi connectivity index (χ3n) is 8.54. The van der Waals surface area contributed by atoms with E-state index in [-0.39, 0.29) is 5.41 Å². The van der Waals surface area contributed by atoms with Gasteiger partial charge >= 0.3 is 0 Å². The van der Waals surface area contributed by atoms with Gasteiger partial charge in [-0.2, -0.15) is 4.98 Å². The van der Waals surface area contributed by atoms with E-state index < -0.39 is 5.60 Å². The molecule has 6 nitrogen and oxygen atoms in total. The first-order valence-electron chi connectivity index (χ1n) is 12.9. The lowest BCUT2D eigenvalue weighted by Crippen LogP contribution is -2.34. The van der Waals surface area contributed by atoms with E-state index in [1.165, 1.54) is 36.8 Å². The van der Waals surface area contributed by atoms with E-state index in [9.17, 15) is 5.11 Å². The van der Waals surface area contributed by atoms with Gasteiger partial charge in [0.05, 0.1) is 5.69 Å². The average Bonchev–Trinajstić information content (AvgIpc) is 3.32. The topological polar surface area (TPSA) is 81.3 Å². The van der Waals surface area contributed by atoms with Crippen molar-refractivity contribution in [2.24, 2.45) is 11.8 Å². The second kappa shape index (κ2) is 8.27. The third kappa shape index (κ3) is 3.63. The van der Waals surface area contributed by atoms with Gasteiger partial charge in [0.2, 0.25) is 5.82 Å². The molecule has 2 heterocycles. The lowest BCUT2D eigenvalue weighted by Gasteiger charge is -2.39. The molecule has 0 aliphatic heterocycles. The Hall–Kier alpha value is -3.51. The van der Waals surface area contributed by atoms with Gasteiger partial charge in [-0.05, 0) is 79.3 Å². The molecule has 3 saturated carbocycles. The standard InChI is InChI=1S/C30H29N3O3/c34-29(14-15-29)28-32-27(33-36-28)21-5-8-22(9-6-21)30(18-20-4-7-24(30)17-20)23-10-12-26(13-11-23)35-19-25-3-1-2-16-31-25/h1-3,5-6,8-13,16,20,24,34H,4,7,14-15,17-19H2/t20-,24+,30-/m1/s1. The lowest BCUT2D eigenvalue weighted by atomic mass is 9.64. The summed E-state index contributed by atoms with van der Waals surface area (Å²) in [6.07, 6.45) is 8.26. The molecule has 3 fully saturated rings. The molecule has 36 heavy (non-hydrogen) atoms. The highest BCUT2D eigenvalue weighted by Gasteiger charge is 2.52. The zero-order chi connectivity index (χ0) is 24.2. The van der Waals surface area contributed by atoms with Crippen LogP contribution in [0.3, 0.4) is 0 Å². The number of pyridine rings is 1. The van der Waals surface area contributed by atoms with Gasteiger partial charge in [-0.15, -0.1) is 0 Å². The maximum absolute atomic E-state index is 10.3. The fraction of sp³-hybridized carbons (Fsp3) is 0.367. The molecule has 0 radical (unpaired) electrons. The van der Waals surface area contributed by atoms with E-state index in [1.807, 2.05) is 18.2 Å². The Kier molecular flexibility index (Phi) is 5.00. The normalized spacial score (nSPS) is 25.7. The van der Waals surface area contributed by atoms with Crippen LogP contribution in [-0.4, -0.2) is 20.2 Å². The van der Waals surface area contributed by atoms with Crippen molar-refractivity contribution in [3.05, 3.63) is 95.6 Å². The molecule has 3 aliphatic rings. The molecule has 1 N–H and O–H groups in total. The van der Waals surface area contributed by atoms with Crippen molar-refractivity contribution in [2.75, 3.05) is 0 Å². The number of ether oxygens (including phenoxy) is 1. The van der Waals surface area contributed by atoms with Crippen molar-refractivity contribution in [2.45, 2.75) is 56.1 Å². The number of rotatable bonds is 7. The molecule has 6 heteroatoms. The van der Waals surface area contributed by atoms with Crippen molar-refractivity contribution in [1.29, 1.82) is 0 Å². The zero-order valence-electron chi connectivity index (χ0n) is 20.1. The molecule has 2 aromatic carbocycles. The van der Waals surface area contributed by atoms with E-state index in [1.54, 1.807) is 6.20 Å². The molecular formula is C30H29N3O3. The van der Waals surface area contributed by atoms with Crippen LogP contribution >= 0.6 is 0 Å². The van der Waals surface area contributed by atoms with Crippen molar-refractivity contribution in [1.82, 2.24) is 15.1 Å².